The summed E-state index contributed by atoms with van der Waals surface area (Å²) in [5, 5.41) is 10.4. The molecular weight excluding hydrogens is 154 g/mol. The predicted octanol–water partition coefficient (Wildman–Crippen LogP) is 2.52. The molecule has 0 aliphatic rings. The molecular formula is C9H11NO2. The second-order valence-corrected chi connectivity index (χ2v) is 2.96. The normalized spacial score (nSPS) is 9.92. The van der Waals surface area contributed by atoms with Crippen LogP contribution in [0, 0.1) is 30.9 Å². The third kappa shape index (κ3) is 1.44. The molecule has 0 unspecified atom stereocenters. The molecule has 0 atom stereocenters. The Morgan fingerprint density at radius 3 is 1.92 bits per heavy atom. The quantitative estimate of drug-likeness (QED) is 0.474. The fourth-order valence-electron chi connectivity index (χ4n) is 1.12. The summed E-state index contributed by atoms with van der Waals surface area (Å²) >= 11 is 0. The minimum atomic E-state index is -0.362. The van der Waals surface area contributed by atoms with Crippen molar-refractivity contribution in [2.24, 2.45) is 0 Å². The number of non-ortho nitro benzene ring substituents is 1. The molecule has 0 spiro atoms. The van der Waals surface area contributed by atoms with Gasteiger partial charge in [-0.3, -0.25) is 10.1 Å². The number of hydrogen-bond donors (Lipinski definition) is 0. The molecule has 1 aromatic rings. The van der Waals surface area contributed by atoms with Crippen LogP contribution in [0.3, 0.4) is 0 Å². The van der Waals surface area contributed by atoms with Crippen molar-refractivity contribution in [2.45, 2.75) is 20.8 Å². The van der Waals surface area contributed by atoms with Gasteiger partial charge in [-0.2, -0.15) is 0 Å². The molecule has 3 heteroatoms. The summed E-state index contributed by atoms with van der Waals surface area (Å²) in [5.74, 6) is 0. The number of aryl methyl sites for hydroxylation is 2. The standard InChI is InChI=1S/C9H11NO2/c1-6-4-9(10(11)12)5-7(2)8(6)3/h4-5H,1-3H3. The van der Waals surface area contributed by atoms with Crippen molar-refractivity contribution in [1.82, 2.24) is 0 Å². The van der Waals surface area contributed by atoms with Gasteiger partial charge in [0, 0.05) is 12.1 Å². The first-order chi connectivity index (χ1) is 5.52. The van der Waals surface area contributed by atoms with E-state index in [9.17, 15) is 10.1 Å². The lowest BCUT2D eigenvalue weighted by Gasteiger charge is -2.02. The third-order valence-corrected chi connectivity index (χ3v) is 2.12. The maximum atomic E-state index is 10.4. The van der Waals surface area contributed by atoms with Crippen LogP contribution in [0.5, 0.6) is 0 Å². The van der Waals surface area contributed by atoms with Gasteiger partial charge in [-0.1, -0.05) is 0 Å². The van der Waals surface area contributed by atoms with Crippen molar-refractivity contribution in [3.8, 4) is 0 Å². The zero-order valence-electron chi connectivity index (χ0n) is 7.42. The number of hydrogen-bond acceptors (Lipinski definition) is 2. The molecule has 0 aromatic heterocycles. The van der Waals surface area contributed by atoms with Gasteiger partial charge < -0.3 is 0 Å². The summed E-state index contributed by atoms with van der Waals surface area (Å²) in [7, 11) is 0. The van der Waals surface area contributed by atoms with Gasteiger partial charge in [-0.15, -0.1) is 0 Å². The lowest BCUT2D eigenvalue weighted by molar-refractivity contribution is -0.385. The zero-order valence-corrected chi connectivity index (χ0v) is 7.42. The Balaban J connectivity index is 3.31. The summed E-state index contributed by atoms with van der Waals surface area (Å²) in [4.78, 5) is 10.1. The fourth-order valence-corrected chi connectivity index (χ4v) is 1.12. The molecule has 0 aliphatic carbocycles. The topological polar surface area (TPSA) is 43.1 Å². The molecule has 3 nitrogen and oxygen atoms in total. The molecule has 0 saturated heterocycles. The van der Waals surface area contributed by atoms with Gasteiger partial charge in [-0.05, 0) is 37.5 Å². The Hall–Kier alpha value is -1.38. The van der Waals surface area contributed by atoms with E-state index in [0.29, 0.717) is 0 Å². The lowest BCUT2D eigenvalue weighted by atomic mass is 10.0. The second kappa shape index (κ2) is 2.93. The van der Waals surface area contributed by atoms with Gasteiger partial charge in [0.2, 0.25) is 0 Å². The van der Waals surface area contributed by atoms with Gasteiger partial charge in [0.05, 0.1) is 4.92 Å². The predicted molar refractivity (Wildman–Crippen MR) is 47.3 cm³/mol. The highest BCUT2D eigenvalue weighted by molar-refractivity contribution is 5.43. The first kappa shape index (κ1) is 8.71. The van der Waals surface area contributed by atoms with Crippen molar-refractivity contribution in [1.29, 1.82) is 0 Å². The lowest BCUT2D eigenvalue weighted by Crippen LogP contribution is -1.92. The summed E-state index contributed by atoms with van der Waals surface area (Å²) in [6.45, 7) is 5.74. The molecule has 1 aromatic carbocycles. The van der Waals surface area contributed by atoms with Crippen molar-refractivity contribution in [2.75, 3.05) is 0 Å². The second-order valence-electron chi connectivity index (χ2n) is 2.96. The van der Waals surface area contributed by atoms with Crippen molar-refractivity contribution in [3.05, 3.63) is 38.9 Å². The van der Waals surface area contributed by atoms with E-state index in [1.807, 2.05) is 20.8 Å². The van der Waals surface area contributed by atoms with Crippen LogP contribution in [-0.2, 0) is 0 Å². The molecule has 0 radical (unpaired) electrons. The van der Waals surface area contributed by atoms with Crippen LogP contribution < -0.4 is 0 Å². The molecule has 0 heterocycles. The molecule has 12 heavy (non-hydrogen) atoms. The Kier molecular flexibility index (Phi) is 2.13. The van der Waals surface area contributed by atoms with E-state index in [0.717, 1.165) is 16.7 Å². The summed E-state index contributed by atoms with van der Waals surface area (Å²) in [6.07, 6.45) is 0. The first-order valence-corrected chi connectivity index (χ1v) is 3.74. The Bertz CT molecular complexity index is 308. The van der Waals surface area contributed by atoms with Crippen LogP contribution >= 0.6 is 0 Å². The molecule has 64 valence electrons. The first-order valence-electron chi connectivity index (χ1n) is 3.74. The summed E-state index contributed by atoms with van der Waals surface area (Å²) in [6, 6.07) is 3.20. The van der Waals surface area contributed by atoms with Gasteiger partial charge in [0.25, 0.3) is 5.69 Å². The fraction of sp³-hybridized carbons (Fsp3) is 0.333. The van der Waals surface area contributed by atoms with E-state index >= 15 is 0 Å². The van der Waals surface area contributed by atoms with E-state index < -0.39 is 0 Å². The highest BCUT2D eigenvalue weighted by Crippen LogP contribution is 2.20. The van der Waals surface area contributed by atoms with Crippen LogP contribution in [-0.4, -0.2) is 4.92 Å². The van der Waals surface area contributed by atoms with Crippen molar-refractivity contribution < 1.29 is 4.92 Å². The zero-order chi connectivity index (χ0) is 9.30. The monoisotopic (exact) mass is 165 g/mol. The van der Waals surface area contributed by atoms with Crippen LogP contribution in [0.15, 0.2) is 12.1 Å². The van der Waals surface area contributed by atoms with Gasteiger partial charge in [0.1, 0.15) is 0 Å². The maximum Gasteiger partial charge on any atom is 0.269 e. The van der Waals surface area contributed by atoms with E-state index in [2.05, 4.69) is 0 Å². The van der Waals surface area contributed by atoms with Gasteiger partial charge >= 0.3 is 0 Å². The number of rotatable bonds is 1. The van der Waals surface area contributed by atoms with Crippen LogP contribution in [0.2, 0.25) is 0 Å². The Morgan fingerprint density at radius 1 is 1.17 bits per heavy atom. The number of nitrogens with zero attached hydrogens (tertiary/aromatic N) is 1. The van der Waals surface area contributed by atoms with E-state index in [-0.39, 0.29) is 10.6 Å². The van der Waals surface area contributed by atoms with E-state index in [4.69, 9.17) is 0 Å². The van der Waals surface area contributed by atoms with E-state index in [1.54, 1.807) is 12.1 Å². The SMILES string of the molecule is Cc1cc([N+](=O)[O-])cc(C)c1C. The minimum Gasteiger partial charge on any atom is -0.258 e. The van der Waals surface area contributed by atoms with Gasteiger partial charge in [0.15, 0.2) is 0 Å². The van der Waals surface area contributed by atoms with Crippen molar-refractivity contribution in [3.63, 3.8) is 0 Å². The number of nitro benzene ring substituents is 1. The largest absolute Gasteiger partial charge is 0.269 e. The number of nitro groups is 1. The molecule has 0 amide bonds. The van der Waals surface area contributed by atoms with Crippen molar-refractivity contribution >= 4 is 5.69 Å². The average molecular weight is 165 g/mol. The number of benzene rings is 1. The van der Waals surface area contributed by atoms with Crippen LogP contribution in [0.25, 0.3) is 0 Å². The highest BCUT2D eigenvalue weighted by Gasteiger charge is 2.08. The van der Waals surface area contributed by atoms with Gasteiger partial charge in [-0.25, -0.2) is 0 Å². The highest BCUT2D eigenvalue weighted by atomic mass is 16.6. The molecule has 0 aliphatic heterocycles. The summed E-state index contributed by atoms with van der Waals surface area (Å²) in [5.41, 5.74) is 3.25. The van der Waals surface area contributed by atoms with Crippen LogP contribution in [0.1, 0.15) is 16.7 Å². The average Bonchev–Trinajstić information content (AvgIpc) is 1.99. The Labute approximate surface area is 71.2 Å². The Morgan fingerprint density at radius 2 is 1.58 bits per heavy atom. The molecule has 0 N–H and O–H groups in total. The maximum absolute atomic E-state index is 10.4. The smallest absolute Gasteiger partial charge is 0.258 e. The molecule has 0 saturated carbocycles. The third-order valence-electron chi connectivity index (χ3n) is 2.12. The summed E-state index contributed by atoms with van der Waals surface area (Å²) < 4.78 is 0. The van der Waals surface area contributed by atoms with E-state index in [1.165, 1.54) is 0 Å². The molecule has 1 rings (SSSR count). The van der Waals surface area contributed by atoms with Crippen LogP contribution in [0.4, 0.5) is 5.69 Å². The molecule has 0 fully saturated rings. The minimum absolute atomic E-state index is 0.176. The molecule has 0 bridgehead atoms.